The van der Waals surface area contributed by atoms with E-state index < -0.39 is 11.6 Å². The molecule has 5 heteroatoms. The lowest BCUT2D eigenvalue weighted by molar-refractivity contribution is 0.529. The third kappa shape index (κ3) is 4.53. The highest BCUT2D eigenvalue weighted by Crippen LogP contribution is 2.36. The Balaban J connectivity index is 2.23. The number of halogens is 3. The van der Waals surface area contributed by atoms with Crippen LogP contribution in [0.3, 0.4) is 0 Å². The molecule has 1 nitrogen and oxygen atoms in total. The predicted molar refractivity (Wildman–Crippen MR) is 86.6 cm³/mol. The van der Waals surface area contributed by atoms with Crippen LogP contribution in [0.25, 0.3) is 0 Å². The van der Waals surface area contributed by atoms with Crippen molar-refractivity contribution in [2.45, 2.75) is 36.2 Å². The second-order valence-electron chi connectivity index (χ2n) is 4.96. The number of hydrogen-bond donors (Lipinski definition) is 1. The molecule has 0 radical (unpaired) electrons. The highest BCUT2D eigenvalue weighted by molar-refractivity contribution is 9.10. The summed E-state index contributed by atoms with van der Waals surface area (Å²) in [5, 5.41) is 3.15. The molecular weight excluding hydrogens is 356 g/mol. The molecule has 0 bridgehead atoms. The highest BCUT2D eigenvalue weighted by atomic mass is 79.9. The lowest BCUT2D eigenvalue weighted by Crippen LogP contribution is -2.22. The fraction of sp³-hybridized carbons (Fsp3) is 0.250. The van der Waals surface area contributed by atoms with Gasteiger partial charge in [-0.2, -0.15) is 0 Å². The molecule has 0 aliphatic carbocycles. The fourth-order valence-electron chi connectivity index (χ4n) is 1.77. The first-order valence-electron chi connectivity index (χ1n) is 6.61. The summed E-state index contributed by atoms with van der Waals surface area (Å²) >= 11 is 4.47. The third-order valence-corrected chi connectivity index (χ3v) is 4.95. The van der Waals surface area contributed by atoms with Gasteiger partial charge in [0.05, 0.1) is 4.90 Å². The van der Waals surface area contributed by atoms with Crippen molar-refractivity contribution in [2.24, 2.45) is 0 Å². The molecule has 2 rings (SSSR count). The Kier molecular flexibility index (Phi) is 5.79. The lowest BCUT2D eigenvalue weighted by atomic mass is 10.2. The summed E-state index contributed by atoms with van der Waals surface area (Å²) in [4.78, 5) is 0.804. The maximum absolute atomic E-state index is 14.1. The first-order chi connectivity index (χ1) is 9.97. The van der Waals surface area contributed by atoms with Crippen molar-refractivity contribution >= 4 is 27.7 Å². The van der Waals surface area contributed by atoms with Crippen molar-refractivity contribution in [1.82, 2.24) is 5.32 Å². The van der Waals surface area contributed by atoms with Crippen LogP contribution < -0.4 is 5.32 Å². The van der Waals surface area contributed by atoms with Gasteiger partial charge in [0.15, 0.2) is 0 Å². The second-order valence-corrected chi connectivity index (χ2v) is 6.86. The number of rotatable bonds is 5. The maximum Gasteiger partial charge on any atom is 0.140 e. The summed E-state index contributed by atoms with van der Waals surface area (Å²) in [6.07, 6.45) is 0. The van der Waals surface area contributed by atoms with Crippen LogP contribution in [-0.2, 0) is 6.54 Å². The van der Waals surface area contributed by atoms with Crippen molar-refractivity contribution in [3.05, 3.63) is 58.1 Å². The Morgan fingerprint density at radius 1 is 1.14 bits per heavy atom. The molecule has 0 aliphatic rings. The van der Waals surface area contributed by atoms with E-state index in [0.29, 0.717) is 12.1 Å². The zero-order valence-electron chi connectivity index (χ0n) is 11.8. The minimum atomic E-state index is -0.531. The van der Waals surface area contributed by atoms with Crippen LogP contribution in [0.2, 0.25) is 0 Å². The predicted octanol–water partition coefficient (Wildman–Crippen LogP) is 5.38. The Labute approximate surface area is 136 Å². The monoisotopic (exact) mass is 371 g/mol. The summed E-state index contributed by atoms with van der Waals surface area (Å²) in [5.74, 6) is -1.06. The molecule has 0 saturated heterocycles. The van der Waals surface area contributed by atoms with E-state index in [1.165, 1.54) is 12.1 Å². The van der Waals surface area contributed by atoms with Crippen molar-refractivity contribution < 1.29 is 8.78 Å². The Hall–Kier alpha value is -0.910. The van der Waals surface area contributed by atoms with E-state index in [9.17, 15) is 8.78 Å². The van der Waals surface area contributed by atoms with Gasteiger partial charge in [-0.25, -0.2) is 8.78 Å². The second kappa shape index (κ2) is 7.38. The summed E-state index contributed by atoms with van der Waals surface area (Å²) in [6.45, 7) is 4.43. The van der Waals surface area contributed by atoms with Gasteiger partial charge in [-0.3, -0.25) is 0 Å². The lowest BCUT2D eigenvalue weighted by Gasteiger charge is -2.11. The standard InChI is InChI=1S/C16H16BrF2NS/c1-10(2)20-9-11-7-13(18)16(14(19)8-11)21-15-6-4-3-5-12(15)17/h3-8,10,20H,9H2,1-2H3. The van der Waals surface area contributed by atoms with Crippen LogP contribution in [0.5, 0.6) is 0 Å². The summed E-state index contributed by atoms with van der Waals surface area (Å²) in [6, 6.07) is 10.4. The summed E-state index contributed by atoms with van der Waals surface area (Å²) in [5.41, 5.74) is 0.607. The molecule has 0 saturated carbocycles. The molecular formula is C16H16BrF2NS. The van der Waals surface area contributed by atoms with Crippen molar-refractivity contribution in [2.75, 3.05) is 0 Å². The van der Waals surface area contributed by atoms with Crippen LogP contribution in [0, 0.1) is 11.6 Å². The maximum atomic E-state index is 14.1. The average Bonchev–Trinajstić information content (AvgIpc) is 2.42. The van der Waals surface area contributed by atoms with Crippen LogP contribution in [0.4, 0.5) is 8.78 Å². The first kappa shape index (κ1) is 16.5. The molecule has 0 aromatic heterocycles. The average molecular weight is 372 g/mol. The molecule has 2 aromatic carbocycles. The van der Waals surface area contributed by atoms with E-state index in [0.717, 1.165) is 21.1 Å². The topological polar surface area (TPSA) is 12.0 Å². The first-order valence-corrected chi connectivity index (χ1v) is 8.22. The van der Waals surface area contributed by atoms with Gasteiger partial charge in [-0.05, 0) is 45.8 Å². The number of nitrogens with one attached hydrogen (secondary N) is 1. The van der Waals surface area contributed by atoms with Gasteiger partial charge < -0.3 is 5.32 Å². The van der Waals surface area contributed by atoms with Crippen LogP contribution in [0.1, 0.15) is 19.4 Å². The van der Waals surface area contributed by atoms with E-state index in [4.69, 9.17) is 0 Å². The van der Waals surface area contributed by atoms with Gasteiger partial charge in [0, 0.05) is 22.0 Å². The Morgan fingerprint density at radius 2 is 1.76 bits per heavy atom. The minimum absolute atomic E-state index is 0.0233. The van der Waals surface area contributed by atoms with E-state index in [1.54, 1.807) is 0 Å². The van der Waals surface area contributed by atoms with Crippen LogP contribution >= 0.6 is 27.7 Å². The summed E-state index contributed by atoms with van der Waals surface area (Å²) < 4.78 is 29.1. The van der Waals surface area contributed by atoms with Crippen molar-refractivity contribution in [1.29, 1.82) is 0 Å². The van der Waals surface area contributed by atoms with E-state index in [2.05, 4.69) is 21.2 Å². The highest BCUT2D eigenvalue weighted by Gasteiger charge is 2.14. The molecule has 0 unspecified atom stereocenters. The molecule has 0 fully saturated rings. The quantitative estimate of drug-likeness (QED) is 0.757. The zero-order chi connectivity index (χ0) is 15.4. The Bertz CT molecular complexity index is 608. The molecule has 2 aromatic rings. The van der Waals surface area contributed by atoms with Gasteiger partial charge >= 0.3 is 0 Å². The van der Waals surface area contributed by atoms with Crippen LogP contribution in [0.15, 0.2) is 50.7 Å². The van der Waals surface area contributed by atoms with Gasteiger partial charge in [0.1, 0.15) is 11.6 Å². The Morgan fingerprint density at radius 3 is 2.33 bits per heavy atom. The smallest absolute Gasteiger partial charge is 0.140 e. The van der Waals surface area contributed by atoms with E-state index in [-0.39, 0.29) is 10.9 Å². The molecule has 0 heterocycles. The molecule has 0 amide bonds. The van der Waals surface area contributed by atoms with Gasteiger partial charge in [-0.1, -0.05) is 37.7 Å². The van der Waals surface area contributed by atoms with E-state index >= 15 is 0 Å². The SMILES string of the molecule is CC(C)NCc1cc(F)c(Sc2ccccc2Br)c(F)c1. The largest absolute Gasteiger partial charge is 0.310 e. The summed E-state index contributed by atoms with van der Waals surface area (Å²) in [7, 11) is 0. The molecule has 1 N–H and O–H groups in total. The minimum Gasteiger partial charge on any atom is -0.310 e. The number of benzene rings is 2. The van der Waals surface area contributed by atoms with Gasteiger partial charge in [0.2, 0.25) is 0 Å². The third-order valence-electron chi connectivity index (χ3n) is 2.82. The fourth-order valence-corrected chi connectivity index (χ4v) is 3.14. The van der Waals surface area contributed by atoms with E-state index in [1.807, 2.05) is 38.1 Å². The van der Waals surface area contributed by atoms with Crippen LogP contribution in [-0.4, -0.2) is 6.04 Å². The molecule has 0 spiro atoms. The molecule has 21 heavy (non-hydrogen) atoms. The number of hydrogen-bond acceptors (Lipinski definition) is 2. The van der Waals surface area contributed by atoms with Crippen molar-refractivity contribution in [3.8, 4) is 0 Å². The molecule has 0 atom stereocenters. The molecule has 0 aliphatic heterocycles. The van der Waals surface area contributed by atoms with Crippen molar-refractivity contribution in [3.63, 3.8) is 0 Å². The van der Waals surface area contributed by atoms with Gasteiger partial charge in [-0.15, -0.1) is 0 Å². The zero-order valence-corrected chi connectivity index (χ0v) is 14.2. The molecule has 112 valence electrons. The normalized spacial score (nSPS) is 11.1. The van der Waals surface area contributed by atoms with Gasteiger partial charge in [0.25, 0.3) is 0 Å².